The van der Waals surface area contributed by atoms with Crippen molar-refractivity contribution in [2.75, 3.05) is 38.3 Å². The summed E-state index contributed by atoms with van der Waals surface area (Å²) in [6, 6.07) is 10.4. The van der Waals surface area contributed by atoms with E-state index in [4.69, 9.17) is 9.47 Å². The molecule has 0 aromatic heterocycles. The predicted molar refractivity (Wildman–Crippen MR) is 116 cm³/mol. The van der Waals surface area contributed by atoms with E-state index in [1.165, 1.54) is 11.0 Å². The van der Waals surface area contributed by atoms with Crippen LogP contribution in [-0.4, -0.2) is 44.4 Å². The fourth-order valence-electron chi connectivity index (χ4n) is 4.37. The lowest BCUT2D eigenvalue weighted by Gasteiger charge is -2.36. The molecule has 2 aromatic rings. The summed E-state index contributed by atoms with van der Waals surface area (Å²) in [6.45, 7) is 2.39. The molecule has 0 saturated carbocycles. The largest absolute Gasteiger partial charge is 0.497 e. The first-order chi connectivity index (χ1) is 15.0. The molecule has 2 aliphatic heterocycles. The van der Waals surface area contributed by atoms with E-state index in [2.05, 4.69) is 5.32 Å². The van der Waals surface area contributed by atoms with Gasteiger partial charge in [-0.25, -0.2) is 4.39 Å². The number of aliphatic hydroxyl groups is 1. The molecule has 6 nitrogen and oxygen atoms in total. The highest BCUT2D eigenvalue weighted by Crippen LogP contribution is 2.39. The number of hydrogen-bond acceptors (Lipinski definition) is 5. The number of benzene rings is 2. The molecule has 2 N–H and O–H groups in total. The zero-order valence-electron chi connectivity index (χ0n) is 17.8. The third-order valence-corrected chi connectivity index (χ3v) is 6.38. The van der Waals surface area contributed by atoms with E-state index in [0.29, 0.717) is 30.9 Å². The summed E-state index contributed by atoms with van der Waals surface area (Å²) in [7, 11) is 1.60. The van der Waals surface area contributed by atoms with Crippen LogP contribution in [-0.2, 0) is 17.8 Å². The first-order valence-corrected chi connectivity index (χ1v) is 10.7. The molecular weight excluding hydrogens is 399 g/mol. The molecule has 0 unspecified atom stereocenters. The Morgan fingerprint density at radius 3 is 2.55 bits per heavy atom. The molecule has 166 valence electrons. The molecule has 4 rings (SSSR count). The highest BCUT2D eigenvalue weighted by atomic mass is 19.1. The summed E-state index contributed by atoms with van der Waals surface area (Å²) in [5, 5.41) is 13.3. The van der Waals surface area contributed by atoms with Gasteiger partial charge in [0.2, 0.25) is 5.91 Å². The minimum Gasteiger partial charge on any atom is -0.497 e. The SMILES string of the molecule is COc1ccc(CN2C(=O)CCc3c(OCC4(CO)CCNCC4)ccc(F)c32)cc1. The normalized spacial score (nSPS) is 17.9. The maximum Gasteiger partial charge on any atom is 0.227 e. The van der Waals surface area contributed by atoms with Gasteiger partial charge in [-0.1, -0.05) is 12.1 Å². The van der Waals surface area contributed by atoms with Crippen molar-refractivity contribution in [3.05, 3.63) is 53.3 Å². The monoisotopic (exact) mass is 428 g/mol. The summed E-state index contributed by atoms with van der Waals surface area (Å²) < 4.78 is 26.3. The van der Waals surface area contributed by atoms with Gasteiger partial charge in [0.05, 0.1) is 32.6 Å². The summed E-state index contributed by atoms with van der Waals surface area (Å²) in [4.78, 5) is 14.2. The van der Waals surface area contributed by atoms with Crippen molar-refractivity contribution in [3.8, 4) is 11.5 Å². The van der Waals surface area contributed by atoms with Crippen LogP contribution in [0.5, 0.6) is 11.5 Å². The summed E-state index contributed by atoms with van der Waals surface area (Å²) in [5.74, 6) is 0.786. The zero-order chi connectivity index (χ0) is 21.8. The molecule has 0 radical (unpaired) electrons. The fourth-order valence-corrected chi connectivity index (χ4v) is 4.37. The van der Waals surface area contributed by atoms with Gasteiger partial charge in [-0.15, -0.1) is 0 Å². The maximum absolute atomic E-state index is 14.9. The first kappa shape index (κ1) is 21.6. The maximum atomic E-state index is 14.9. The van der Waals surface area contributed by atoms with Gasteiger partial charge in [0.1, 0.15) is 17.3 Å². The number of nitrogens with zero attached hydrogens (tertiary/aromatic N) is 1. The average Bonchev–Trinajstić information content (AvgIpc) is 2.81. The summed E-state index contributed by atoms with van der Waals surface area (Å²) >= 11 is 0. The zero-order valence-corrected chi connectivity index (χ0v) is 17.8. The van der Waals surface area contributed by atoms with E-state index >= 15 is 0 Å². The van der Waals surface area contributed by atoms with E-state index in [9.17, 15) is 14.3 Å². The Morgan fingerprint density at radius 2 is 1.87 bits per heavy atom. The van der Waals surface area contributed by atoms with Crippen LogP contribution in [0.25, 0.3) is 0 Å². The third kappa shape index (κ3) is 4.52. The quantitative estimate of drug-likeness (QED) is 0.709. The Balaban J connectivity index is 1.59. The summed E-state index contributed by atoms with van der Waals surface area (Å²) in [5.41, 5.74) is 1.62. The van der Waals surface area contributed by atoms with Gasteiger partial charge in [0.15, 0.2) is 0 Å². The molecule has 1 saturated heterocycles. The number of carbonyl (C=O) groups is 1. The highest BCUT2D eigenvalue weighted by molar-refractivity contribution is 5.97. The molecule has 1 amide bonds. The molecule has 7 heteroatoms. The Bertz CT molecular complexity index is 926. The molecule has 0 spiro atoms. The van der Waals surface area contributed by atoms with E-state index < -0.39 is 5.82 Å². The number of amides is 1. The van der Waals surface area contributed by atoms with Crippen LogP contribution in [0.15, 0.2) is 36.4 Å². The fraction of sp³-hybridized carbons (Fsp3) is 0.458. The minimum absolute atomic E-state index is 0.0557. The molecule has 1 fully saturated rings. The molecule has 2 aromatic carbocycles. The van der Waals surface area contributed by atoms with Crippen molar-refractivity contribution in [3.63, 3.8) is 0 Å². The number of methoxy groups -OCH3 is 1. The second kappa shape index (κ2) is 9.24. The van der Waals surface area contributed by atoms with E-state index in [1.54, 1.807) is 13.2 Å². The number of anilines is 1. The van der Waals surface area contributed by atoms with Crippen molar-refractivity contribution in [1.82, 2.24) is 5.32 Å². The minimum atomic E-state index is -0.428. The Kier molecular flexibility index (Phi) is 6.43. The molecule has 0 atom stereocenters. The van der Waals surface area contributed by atoms with E-state index in [0.717, 1.165) is 42.8 Å². The summed E-state index contributed by atoms with van der Waals surface area (Å²) in [6.07, 6.45) is 2.40. The first-order valence-electron chi connectivity index (χ1n) is 10.7. The third-order valence-electron chi connectivity index (χ3n) is 6.38. The topological polar surface area (TPSA) is 71.0 Å². The Hall–Kier alpha value is -2.64. The van der Waals surface area contributed by atoms with Crippen molar-refractivity contribution in [2.24, 2.45) is 5.41 Å². The number of fused-ring (bicyclic) bond motifs is 1. The number of piperidine rings is 1. The molecule has 31 heavy (non-hydrogen) atoms. The number of hydrogen-bond donors (Lipinski definition) is 2. The standard InChI is InChI=1S/C24H29FN2O4/c1-30-18-4-2-17(3-5-18)14-27-22(29)9-6-19-21(8-7-20(25)23(19)27)31-16-24(15-28)10-12-26-13-11-24/h2-5,7-8,26,28H,6,9-16H2,1H3. The lowest BCUT2D eigenvalue weighted by molar-refractivity contribution is -0.119. The van der Waals surface area contributed by atoms with E-state index in [1.807, 2.05) is 24.3 Å². The van der Waals surface area contributed by atoms with Gasteiger partial charge in [-0.2, -0.15) is 0 Å². The van der Waals surface area contributed by atoms with Crippen LogP contribution in [0, 0.1) is 11.2 Å². The number of ether oxygens (including phenoxy) is 2. The van der Waals surface area contributed by atoms with Gasteiger partial charge in [-0.05, 0) is 62.2 Å². The molecule has 2 heterocycles. The predicted octanol–water partition coefficient (Wildman–Crippen LogP) is 3.05. The van der Waals surface area contributed by atoms with Crippen molar-refractivity contribution < 1.29 is 23.8 Å². The second-order valence-corrected chi connectivity index (χ2v) is 8.40. The Labute approximate surface area is 182 Å². The molecule has 0 bridgehead atoms. The molecule has 2 aliphatic rings. The van der Waals surface area contributed by atoms with Crippen LogP contribution < -0.4 is 19.7 Å². The number of carbonyl (C=O) groups excluding carboxylic acids is 1. The van der Waals surface area contributed by atoms with Crippen molar-refractivity contribution in [2.45, 2.75) is 32.2 Å². The van der Waals surface area contributed by atoms with Gasteiger partial charge < -0.3 is 24.8 Å². The number of halogens is 1. The van der Waals surface area contributed by atoms with Crippen LogP contribution in [0.3, 0.4) is 0 Å². The van der Waals surface area contributed by atoms with Gasteiger partial charge in [0, 0.05) is 17.4 Å². The van der Waals surface area contributed by atoms with Gasteiger partial charge in [-0.3, -0.25) is 4.79 Å². The highest BCUT2D eigenvalue weighted by Gasteiger charge is 2.34. The Morgan fingerprint density at radius 1 is 1.13 bits per heavy atom. The van der Waals surface area contributed by atoms with Gasteiger partial charge in [0.25, 0.3) is 0 Å². The second-order valence-electron chi connectivity index (χ2n) is 8.40. The van der Waals surface area contributed by atoms with Crippen molar-refractivity contribution >= 4 is 11.6 Å². The van der Waals surface area contributed by atoms with E-state index in [-0.39, 0.29) is 24.5 Å². The number of nitrogens with one attached hydrogen (secondary N) is 1. The average molecular weight is 429 g/mol. The van der Waals surface area contributed by atoms with Crippen LogP contribution in [0.1, 0.15) is 30.4 Å². The van der Waals surface area contributed by atoms with Crippen molar-refractivity contribution in [1.29, 1.82) is 0 Å². The lowest BCUT2D eigenvalue weighted by atomic mass is 9.80. The smallest absolute Gasteiger partial charge is 0.227 e. The van der Waals surface area contributed by atoms with Crippen LogP contribution in [0.4, 0.5) is 10.1 Å². The van der Waals surface area contributed by atoms with Crippen LogP contribution >= 0.6 is 0 Å². The van der Waals surface area contributed by atoms with Gasteiger partial charge >= 0.3 is 0 Å². The molecular formula is C24H29FN2O4. The van der Waals surface area contributed by atoms with Crippen LogP contribution in [0.2, 0.25) is 0 Å². The molecule has 0 aliphatic carbocycles. The number of aliphatic hydroxyl groups excluding tert-OH is 1. The number of rotatable bonds is 7. The lowest BCUT2D eigenvalue weighted by Crippen LogP contribution is -2.43.